The molecule has 0 aliphatic heterocycles. The number of rotatable bonds is 5. The van der Waals surface area contributed by atoms with Crippen LogP contribution in [0.5, 0.6) is 0 Å². The lowest BCUT2D eigenvalue weighted by Gasteiger charge is -2.11. The summed E-state index contributed by atoms with van der Waals surface area (Å²) >= 11 is 1.50. The van der Waals surface area contributed by atoms with Crippen LogP contribution in [0, 0.1) is 0 Å². The molecule has 0 aromatic carbocycles. The van der Waals surface area contributed by atoms with Gasteiger partial charge in [0.2, 0.25) is 5.91 Å². The van der Waals surface area contributed by atoms with Crippen molar-refractivity contribution in [1.29, 1.82) is 0 Å². The number of hydrogen-bond donors (Lipinski definition) is 1. The fourth-order valence-electron chi connectivity index (χ4n) is 3.12. The van der Waals surface area contributed by atoms with Crippen LogP contribution in [0.2, 0.25) is 0 Å². The van der Waals surface area contributed by atoms with Crippen molar-refractivity contribution in [2.75, 3.05) is 11.9 Å². The third-order valence-corrected chi connectivity index (χ3v) is 5.54. The molecule has 1 aliphatic rings. The minimum Gasteiger partial charge on any atom is -0.465 e. The maximum Gasteiger partial charge on any atom is 0.341 e. The van der Waals surface area contributed by atoms with Gasteiger partial charge in [0.25, 0.3) is 0 Å². The van der Waals surface area contributed by atoms with E-state index in [9.17, 15) is 9.59 Å². The number of ether oxygens (including phenoxy) is 1. The number of nitrogens with one attached hydrogen (secondary N) is 1. The first-order valence-electron chi connectivity index (χ1n) is 9.03. The molecule has 2 heterocycles. The lowest BCUT2D eigenvalue weighted by molar-refractivity contribution is -0.111. The Labute approximate surface area is 157 Å². The molecule has 0 saturated heterocycles. The summed E-state index contributed by atoms with van der Waals surface area (Å²) in [6.07, 6.45) is 10.9. The zero-order valence-electron chi connectivity index (χ0n) is 14.9. The van der Waals surface area contributed by atoms with Crippen LogP contribution in [0.4, 0.5) is 5.00 Å². The van der Waals surface area contributed by atoms with E-state index in [-0.39, 0.29) is 11.9 Å². The monoisotopic (exact) mass is 373 g/mol. The van der Waals surface area contributed by atoms with Gasteiger partial charge in [-0.25, -0.2) is 4.79 Å². The summed E-state index contributed by atoms with van der Waals surface area (Å²) in [5.41, 5.74) is 1.59. The number of carbonyl (C=O) groups excluding carboxylic acids is 2. The Bertz CT molecular complexity index is 789. The van der Waals surface area contributed by atoms with Crippen LogP contribution in [0.3, 0.4) is 0 Å². The fourth-order valence-corrected chi connectivity index (χ4v) is 4.40. The van der Waals surface area contributed by atoms with Gasteiger partial charge in [0.05, 0.1) is 18.4 Å². The standard InChI is InChI=1S/C20H23NO4S/c1-2-24-20(23)18-15-9-5-3-4-6-10-16(15)26-19(18)21-17(22)12-11-14-8-7-13-25-14/h7-8,11-13H,2-6,9-10H2,1H3,(H,21,22). The van der Waals surface area contributed by atoms with Gasteiger partial charge in [-0.05, 0) is 56.4 Å². The molecule has 1 N–H and O–H groups in total. The molecule has 1 aliphatic carbocycles. The molecule has 6 heteroatoms. The van der Waals surface area contributed by atoms with Crippen LogP contribution < -0.4 is 5.32 Å². The van der Waals surface area contributed by atoms with Crippen molar-refractivity contribution in [1.82, 2.24) is 0 Å². The number of amides is 1. The minimum atomic E-state index is -0.351. The molecule has 26 heavy (non-hydrogen) atoms. The van der Waals surface area contributed by atoms with Crippen molar-refractivity contribution in [2.45, 2.75) is 45.4 Å². The molecule has 2 aromatic heterocycles. The number of fused-ring (bicyclic) bond motifs is 1. The van der Waals surface area contributed by atoms with Gasteiger partial charge < -0.3 is 14.5 Å². The molecule has 138 valence electrons. The Morgan fingerprint density at radius 2 is 2.08 bits per heavy atom. The van der Waals surface area contributed by atoms with Crippen molar-refractivity contribution < 1.29 is 18.7 Å². The second kappa shape index (κ2) is 8.85. The van der Waals surface area contributed by atoms with Gasteiger partial charge in [0.1, 0.15) is 10.8 Å². The van der Waals surface area contributed by atoms with E-state index in [1.165, 1.54) is 35.1 Å². The first-order chi connectivity index (χ1) is 12.7. The molecule has 3 rings (SSSR count). The molecule has 0 unspecified atom stereocenters. The molecule has 0 spiro atoms. The Morgan fingerprint density at radius 3 is 2.81 bits per heavy atom. The average Bonchev–Trinajstić information content (AvgIpc) is 3.21. The molecule has 0 atom stereocenters. The second-order valence-corrected chi connectivity index (χ2v) is 7.29. The summed E-state index contributed by atoms with van der Waals surface area (Å²) in [5.74, 6) is -0.0405. The molecule has 0 radical (unpaired) electrons. The number of hydrogen-bond acceptors (Lipinski definition) is 5. The second-order valence-electron chi connectivity index (χ2n) is 6.18. The quantitative estimate of drug-likeness (QED) is 0.602. The van der Waals surface area contributed by atoms with Crippen LogP contribution in [-0.4, -0.2) is 18.5 Å². The van der Waals surface area contributed by atoms with Gasteiger partial charge in [-0.1, -0.05) is 12.8 Å². The predicted octanol–water partition coefficient (Wildman–Crippen LogP) is 4.83. The lowest BCUT2D eigenvalue weighted by atomic mass is 9.96. The predicted molar refractivity (Wildman–Crippen MR) is 103 cm³/mol. The summed E-state index contributed by atoms with van der Waals surface area (Å²) in [5, 5.41) is 3.45. The van der Waals surface area contributed by atoms with E-state index >= 15 is 0 Å². The molecule has 5 nitrogen and oxygen atoms in total. The van der Waals surface area contributed by atoms with E-state index < -0.39 is 0 Å². The van der Waals surface area contributed by atoms with Crippen LogP contribution in [0.25, 0.3) is 6.08 Å². The summed E-state index contributed by atoms with van der Waals surface area (Å²) in [7, 11) is 0. The van der Waals surface area contributed by atoms with Crippen LogP contribution in [0.15, 0.2) is 28.9 Å². The van der Waals surface area contributed by atoms with E-state index in [2.05, 4.69) is 5.32 Å². The summed E-state index contributed by atoms with van der Waals surface area (Å²) in [4.78, 5) is 26.0. The maximum absolute atomic E-state index is 12.5. The minimum absolute atomic E-state index is 0.291. The van der Waals surface area contributed by atoms with E-state index in [4.69, 9.17) is 9.15 Å². The highest BCUT2D eigenvalue weighted by Crippen LogP contribution is 2.37. The Morgan fingerprint density at radius 1 is 1.27 bits per heavy atom. The lowest BCUT2D eigenvalue weighted by Crippen LogP contribution is -2.13. The SMILES string of the molecule is CCOC(=O)c1c(NC(=O)C=Cc2ccco2)sc2c1CCCCCC2. The van der Waals surface area contributed by atoms with Gasteiger partial charge in [-0.15, -0.1) is 11.3 Å². The third-order valence-electron chi connectivity index (χ3n) is 4.33. The van der Waals surface area contributed by atoms with Crippen LogP contribution in [-0.2, 0) is 22.4 Å². The summed E-state index contributed by atoms with van der Waals surface area (Å²) in [6.45, 7) is 2.10. The first kappa shape index (κ1) is 18.5. The zero-order valence-corrected chi connectivity index (χ0v) is 15.7. The van der Waals surface area contributed by atoms with Crippen molar-refractivity contribution >= 4 is 34.3 Å². The van der Waals surface area contributed by atoms with Crippen molar-refractivity contribution in [3.8, 4) is 0 Å². The molecule has 2 aromatic rings. The largest absolute Gasteiger partial charge is 0.465 e. The smallest absolute Gasteiger partial charge is 0.341 e. The summed E-state index contributed by atoms with van der Waals surface area (Å²) < 4.78 is 10.4. The van der Waals surface area contributed by atoms with Crippen molar-refractivity contribution in [2.24, 2.45) is 0 Å². The maximum atomic E-state index is 12.5. The molecular weight excluding hydrogens is 350 g/mol. The van der Waals surface area contributed by atoms with E-state index in [1.54, 1.807) is 31.4 Å². The van der Waals surface area contributed by atoms with Crippen molar-refractivity contribution in [3.63, 3.8) is 0 Å². The fraction of sp³-hybridized carbons (Fsp3) is 0.400. The normalized spacial score (nSPS) is 14.5. The Balaban J connectivity index is 1.85. The number of anilines is 1. The number of furan rings is 1. The van der Waals surface area contributed by atoms with E-state index in [0.717, 1.165) is 31.2 Å². The Hall–Kier alpha value is -2.34. The topological polar surface area (TPSA) is 68.5 Å². The van der Waals surface area contributed by atoms with E-state index in [1.807, 2.05) is 0 Å². The molecular formula is C20H23NO4S. The molecule has 1 amide bonds. The molecule has 0 fully saturated rings. The van der Waals surface area contributed by atoms with Gasteiger partial charge >= 0.3 is 5.97 Å². The first-order valence-corrected chi connectivity index (χ1v) is 9.85. The zero-order chi connectivity index (χ0) is 18.4. The molecule has 0 saturated carbocycles. The highest BCUT2D eigenvalue weighted by molar-refractivity contribution is 7.17. The third kappa shape index (κ3) is 4.43. The van der Waals surface area contributed by atoms with E-state index in [0.29, 0.717) is 22.9 Å². The number of esters is 1. The van der Waals surface area contributed by atoms with Gasteiger partial charge in [-0.2, -0.15) is 0 Å². The number of thiophene rings is 1. The summed E-state index contributed by atoms with van der Waals surface area (Å²) in [6, 6.07) is 3.53. The Kier molecular flexibility index (Phi) is 6.28. The molecule has 0 bridgehead atoms. The van der Waals surface area contributed by atoms with Crippen LogP contribution in [0.1, 0.15) is 59.2 Å². The van der Waals surface area contributed by atoms with Crippen molar-refractivity contribution in [3.05, 3.63) is 46.2 Å². The van der Waals surface area contributed by atoms with Crippen LogP contribution >= 0.6 is 11.3 Å². The van der Waals surface area contributed by atoms with Gasteiger partial charge in [-0.3, -0.25) is 4.79 Å². The van der Waals surface area contributed by atoms with Gasteiger partial charge in [0, 0.05) is 11.0 Å². The number of aryl methyl sites for hydroxylation is 1. The highest BCUT2D eigenvalue weighted by atomic mass is 32.1. The average molecular weight is 373 g/mol. The highest BCUT2D eigenvalue weighted by Gasteiger charge is 2.25. The van der Waals surface area contributed by atoms with Gasteiger partial charge in [0.15, 0.2) is 0 Å². The number of carbonyl (C=O) groups is 2.